The lowest BCUT2D eigenvalue weighted by Crippen LogP contribution is -2.25. The number of nitrogens with zero attached hydrogens (tertiary/aromatic N) is 3. The molecule has 2 atom stereocenters. The van der Waals surface area contributed by atoms with Crippen LogP contribution in [-0.2, 0) is 4.79 Å². The number of fused-ring (bicyclic) bond motifs is 1. The van der Waals surface area contributed by atoms with Gasteiger partial charge in [-0.05, 0) is 42.8 Å². The number of methoxy groups -OCH3 is 1. The number of hydrogen-bond acceptors (Lipinski definition) is 3. The highest BCUT2D eigenvalue weighted by Gasteiger charge is 2.36. The summed E-state index contributed by atoms with van der Waals surface area (Å²) in [4.78, 5) is 19.9. The molecule has 0 radical (unpaired) electrons. The first-order valence-electron chi connectivity index (χ1n) is 10.7. The van der Waals surface area contributed by atoms with Gasteiger partial charge in [0.15, 0.2) is 0 Å². The standard InChI is InChI=1S/C26H24ClN3O2/c1-17(18-8-4-3-5-9-18)30-22-11-7-6-10-21(22)28-26(30)19-14-25(31)29(16-19)23-15-20(27)12-13-24(23)32-2/h3-13,15,17,19H,14,16H2,1-2H3/t17-,19+/m1/s1. The minimum absolute atomic E-state index is 0.0373. The van der Waals surface area contributed by atoms with Crippen molar-refractivity contribution in [2.24, 2.45) is 0 Å². The van der Waals surface area contributed by atoms with E-state index in [0.29, 0.717) is 29.4 Å². The maximum Gasteiger partial charge on any atom is 0.227 e. The number of imidazole rings is 1. The van der Waals surface area contributed by atoms with Crippen LogP contribution in [0.5, 0.6) is 5.75 Å². The van der Waals surface area contributed by atoms with Crippen molar-refractivity contribution in [2.75, 3.05) is 18.6 Å². The van der Waals surface area contributed by atoms with Gasteiger partial charge in [0, 0.05) is 23.9 Å². The molecule has 1 aliphatic rings. The van der Waals surface area contributed by atoms with Crippen LogP contribution in [0.1, 0.15) is 36.7 Å². The van der Waals surface area contributed by atoms with Crippen LogP contribution >= 0.6 is 11.6 Å². The average molecular weight is 446 g/mol. The van der Waals surface area contributed by atoms with Gasteiger partial charge in [0.2, 0.25) is 5.91 Å². The monoisotopic (exact) mass is 445 g/mol. The quantitative estimate of drug-likeness (QED) is 0.388. The Kier molecular flexibility index (Phi) is 5.35. The molecule has 0 aliphatic carbocycles. The summed E-state index contributed by atoms with van der Waals surface area (Å²) in [6.07, 6.45) is 0.389. The Labute approximate surface area is 192 Å². The van der Waals surface area contributed by atoms with Crippen LogP contribution in [0, 0.1) is 0 Å². The number of aromatic nitrogens is 2. The lowest BCUT2D eigenvalue weighted by molar-refractivity contribution is -0.117. The topological polar surface area (TPSA) is 47.4 Å². The van der Waals surface area contributed by atoms with Crippen molar-refractivity contribution >= 4 is 34.2 Å². The maximum atomic E-state index is 13.1. The minimum atomic E-state index is -0.0373. The Morgan fingerprint density at radius 3 is 2.59 bits per heavy atom. The molecule has 1 aromatic heterocycles. The van der Waals surface area contributed by atoms with E-state index in [-0.39, 0.29) is 17.9 Å². The van der Waals surface area contributed by atoms with Crippen molar-refractivity contribution in [3.05, 3.63) is 89.2 Å². The SMILES string of the molecule is COc1ccc(Cl)cc1N1C[C@@H](c2nc3ccccc3n2[C@H](C)c2ccccc2)CC1=O. The average Bonchev–Trinajstić information content (AvgIpc) is 3.39. The summed E-state index contributed by atoms with van der Waals surface area (Å²) < 4.78 is 7.78. The van der Waals surface area contributed by atoms with Crippen molar-refractivity contribution in [2.45, 2.75) is 25.3 Å². The normalized spacial score (nSPS) is 17.2. The van der Waals surface area contributed by atoms with Crippen LogP contribution in [0.25, 0.3) is 11.0 Å². The van der Waals surface area contributed by atoms with Crippen molar-refractivity contribution in [1.29, 1.82) is 0 Å². The molecule has 3 aromatic carbocycles. The number of rotatable bonds is 5. The molecule has 0 spiro atoms. The number of amides is 1. The molecule has 1 amide bonds. The first-order valence-corrected chi connectivity index (χ1v) is 11.1. The van der Waals surface area contributed by atoms with Gasteiger partial charge in [-0.15, -0.1) is 0 Å². The van der Waals surface area contributed by atoms with E-state index in [1.54, 1.807) is 30.2 Å². The van der Waals surface area contributed by atoms with Crippen LogP contribution in [0.4, 0.5) is 5.69 Å². The Morgan fingerprint density at radius 2 is 1.81 bits per heavy atom. The number of halogens is 1. The molecule has 1 saturated heterocycles. The number of ether oxygens (including phenoxy) is 1. The molecule has 0 unspecified atom stereocenters. The Hall–Kier alpha value is -3.31. The fourth-order valence-electron chi connectivity index (χ4n) is 4.63. The number of anilines is 1. The van der Waals surface area contributed by atoms with E-state index < -0.39 is 0 Å². The highest BCUT2D eigenvalue weighted by molar-refractivity contribution is 6.31. The fraction of sp³-hybridized carbons (Fsp3) is 0.231. The van der Waals surface area contributed by atoms with E-state index in [2.05, 4.69) is 41.8 Å². The fourth-order valence-corrected chi connectivity index (χ4v) is 4.79. The Bertz CT molecular complexity index is 1280. The van der Waals surface area contributed by atoms with Crippen LogP contribution < -0.4 is 9.64 Å². The summed E-state index contributed by atoms with van der Waals surface area (Å²) in [5.74, 6) is 1.57. The van der Waals surface area contributed by atoms with E-state index in [0.717, 1.165) is 16.9 Å². The number of hydrogen-bond donors (Lipinski definition) is 0. The Balaban J connectivity index is 1.57. The second-order valence-corrected chi connectivity index (χ2v) is 8.57. The molecule has 2 heterocycles. The summed E-state index contributed by atoms with van der Waals surface area (Å²) in [7, 11) is 1.60. The molecular formula is C26H24ClN3O2. The first-order chi connectivity index (χ1) is 15.6. The predicted octanol–water partition coefficient (Wildman–Crippen LogP) is 5.83. The largest absolute Gasteiger partial charge is 0.495 e. The van der Waals surface area contributed by atoms with Crippen molar-refractivity contribution < 1.29 is 9.53 Å². The summed E-state index contributed by atoms with van der Waals surface area (Å²) in [5, 5.41) is 0.571. The third-order valence-corrected chi connectivity index (χ3v) is 6.45. The molecule has 5 nitrogen and oxygen atoms in total. The summed E-state index contributed by atoms with van der Waals surface area (Å²) in [6.45, 7) is 2.71. The van der Waals surface area contributed by atoms with Gasteiger partial charge in [-0.1, -0.05) is 54.1 Å². The lowest BCUT2D eigenvalue weighted by atomic mass is 10.0. The lowest BCUT2D eigenvalue weighted by Gasteiger charge is -2.22. The van der Waals surface area contributed by atoms with Crippen molar-refractivity contribution in [1.82, 2.24) is 9.55 Å². The van der Waals surface area contributed by atoms with Gasteiger partial charge < -0.3 is 14.2 Å². The van der Waals surface area contributed by atoms with Crippen LogP contribution in [0.3, 0.4) is 0 Å². The van der Waals surface area contributed by atoms with E-state index in [4.69, 9.17) is 21.3 Å². The van der Waals surface area contributed by atoms with E-state index in [1.165, 1.54) is 5.56 Å². The molecule has 1 aliphatic heterocycles. The molecule has 0 bridgehead atoms. The molecule has 162 valence electrons. The molecule has 5 rings (SSSR count). The van der Waals surface area contributed by atoms with Crippen LogP contribution in [0.15, 0.2) is 72.8 Å². The third-order valence-electron chi connectivity index (χ3n) is 6.21. The summed E-state index contributed by atoms with van der Waals surface area (Å²) in [5.41, 5.74) is 3.92. The summed E-state index contributed by atoms with van der Waals surface area (Å²) >= 11 is 6.23. The van der Waals surface area contributed by atoms with Gasteiger partial charge in [0.25, 0.3) is 0 Å². The number of para-hydroxylation sites is 2. The molecule has 1 fully saturated rings. The van der Waals surface area contributed by atoms with Gasteiger partial charge in [-0.2, -0.15) is 0 Å². The second-order valence-electron chi connectivity index (χ2n) is 8.14. The number of benzene rings is 3. The highest BCUT2D eigenvalue weighted by atomic mass is 35.5. The predicted molar refractivity (Wildman–Crippen MR) is 128 cm³/mol. The molecule has 32 heavy (non-hydrogen) atoms. The molecule has 6 heteroatoms. The van der Waals surface area contributed by atoms with E-state index in [9.17, 15) is 4.79 Å². The maximum absolute atomic E-state index is 13.1. The van der Waals surface area contributed by atoms with E-state index in [1.807, 2.05) is 24.3 Å². The Morgan fingerprint density at radius 1 is 1.06 bits per heavy atom. The van der Waals surface area contributed by atoms with Gasteiger partial charge in [-0.25, -0.2) is 4.98 Å². The van der Waals surface area contributed by atoms with Crippen molar-refractivity contribution in [3.8, 4) is 5.75 Å². The zero-order valence-corrected chi connectivity index (χ0v) is 18.8. The van der Waals surface area contributed by atoms with Gasteiger partial charge in [0.1, 0.15) is 11.6 Å². The van der Waals surface area contributed by atoms with Crippen LogP contribution in [0.2, 0.25) is 5.02 Å². The summed E-state index contributed by atoms with van der Waals surface area (Å²) in [6, 6.07) is 24.0. The van der Waals surface area contributed by atoms with Crippen LogP contribution in [-0.4, -0.2) is 29.1 Å². The zero-order chi connectivity index (χ0) is 22.2. The number of carbonyl (C=O) groups is 1. The van der Waals surface area contributed by atoms with Gasteiger partial charge >= 0.3 is 0 Å². The van der Waals surface area contributed by atoms with E-state index >= 15 is 0 Å². The third kappa shape index (κ3) is 3.53. The molecule has 0 saturated carbocycles. The minimum Gasteiger partial charge on any atom is -0.495 e. The van der Waals surface area contributed by atoms with Gasteiger partial charge in [-0.3, -0.25) is 4.79 Å². The molecule has 0 N–H and O–H groups in total. The molecular weight excluding hydrogens is 422 g/mol. The van der Waals surface area contributed by atoms with Gasteiger partial charge in [0.05, 0.1) is 29.9 Å². The smallest absolute Gasteiger partial charge is 0.227 e. The second kappa shape index (κ2) is 8.32. The number of carbonyl (C=O) groups excluding carboxylic acids is 1. The highest BCUT2D eigenvalue weighted by Crippen LogP contribution is 2.39. The molecule has 4 aromatic rings. The first kappa shape index (κ1) is 20.6. The zero-order valence-electron chi connectivity index (χ0n) is 18.0. The van der Waals surface area contributed by atoms with Crippen molar-refractivity contribution in [3.63, 3.8) is 0 Å².